The molecule has 1 atom stereocenters. The Labute approximate surface area is 212 Å². The molecule has 1 aromatic heterocycles. The number of hydrogen-bond acceptors (Lipinski definition) is 7. The van der Waals surface area contributed by atoms with Gasteiger partial charge in [0, 0.05) is 16.7 Å². The number of Topliss-reactive ketones (excluding diaryl/α,β-unsaturated/α-hetero) is 1. The Morgan fingerprint density at radius 3 is 2.50 bits per heavy atom. The second-order valence-corrected chi connectivity index (χ2v) is 8.33. The van der Waals surface area contributed by atoms with Gasteiger partial charge in [-0.2, -0.15) is 5.26 Å². The Balaban J connectivity index is 2.10. The summed E-state index contributed by atoms with van der Waals surface area (Å²) >= 11 is 15.3. The van der Waals surface area contributed by atoms with Gasteiger partial charge in [0.15, 0.2) is 17.3 Å². The molecule has 0 N–H and O–H groups in total. The van der Waals surface area contributed by atoms with Gasteiger partial charge < -0.3 is 14.2 Å². The van der Waals surface area contributed by atoms with E-state index in [0.717, 1.165) is 7.11 Å². The smallest absolute Gasteiger partial charge is 0.321 e. The van der Waals surface area contributed by atoms with Crippen molar-refractivity contribution in [1.29, 1.82) is 5.26 Å². The molecule has 0 aliphatic carbocycles. The molecule has 3 rings (SSSR count). The second-order valence-electron chi connectivity index (χ2n) is 6.68. The standard InChI is InChI=1S/C23H14BrCl2FN2O5/c1-32-17-6-4-15(22(26)29-17)20(30)18(23(31)33-2)14-3-5-16(24)21(19(14)27)34-13-8-11(10-28)7-12(25)9-13/h3-9,18H,1-2H3. The molecule has 0 radical (unpaired) electrons. The van der Waals surface area contributed by atoms with E-state index in [1.54, 1.807) is 0 Å². The molecule has 174 valence electrons. The minimum Gasteiger partial charge on any atom is -0.481 e. The first-order valence-corrected chi connectivity index (χ1v) is 10.9. The van der Waals surface area contributed by atoms with Crippen molar-refractivity contribution < 1.29 is 28.2 Å². The molecular weight excluding hydrogens is 554 g/mol. The van der Waals surface area contributed by atoms with Gasteiger partial charge in [-0.15, -0.1) is 0 Å². The lowest BCUT2D eigenvalue weighted by molar-refractivity contribution is -0.141. The van der Waals surface area contributed by atoms with Crippen molar-refractivity contribution in [3.05, 3.63) is 79.6 Å². The van der Waals surface area contributed by atoms with Gasteiger partial charge in [0.2, 0.25) is 5.88 Å². The van der Waals surface area contributed by atoms with E-state index in [9.17, 15) is 9.59 Å². The van der Waals surface area contributed by atoms with Crippen LogP contribution in [0.25, 0.3) is 0 Å². The normalized spacial score (nSPS) is 11.3. The Morgan fingerprint density at radius 1 is 1.15 bits per heavy atom. The first-order valence-electron chi connectivity index (χ1n) is 9.39. The van der Waals surface area contributed by atoms with Gasteiger partial charge in [-0.25, -0.2) is 9.37 Å². The summed E-state index contributed by atoms with van der Waals surface area (Å²) in [5, 5.41) is 9.10. The molecule has 2 aromatic carbocycles. The number of methoxy groups -OCH3 is 2. The third-order valence-corrected chi connectivity index (χ3v) is 5.74. The molecule has 0 aliphatic rings. The Hall–Kier alpha value is -3.19. The number of benzene rings is 2. The Morgan fingerprint density at radius 2 is 1.88 bits per heavy atom. The highest BCUT2D eigenvalue weighted by Gasteiger charge is 2.35. The zero-order chi connectivity index (χ0) is 25.0. The monoisotopic (exact) mass is 566 g/mol. The first kappa shape index (κ1) is 25.4. The molecular formula is C23H14BrCl2FN2O5. The Kier molecular flexibility index (Phi) is 8.10. The van der Waals surface area contributed by atoms with Crippen molar-refractivity contribution in [1.82, 2.24) is 4.98 Å². The second kappa shape index (κ2) is 10.8. The molecule has 0 saturated heterocycles. The third kappa shape index (κ3) is 5.30. The molecule has 0 bridgehead atoms. The van der Waals surface area contributed by atoms with E-state index < -0.39 is 23.5 Å². The number of esters is 1. The van der Waals surface area contributed by atoms with Crippen LogP contribution in [0, 0.1) is 17.1 Å². The molecule has 0 aliphatic heterocycles. The molecule has 1 heterocycles. The first-order chi connectivity index (χ1) is 16.2. The lowest BCUT2D eigenvalue weighted by Gasteiger charge is -2.18. The molecule has 0 amide bonds. The fourth-order valence-electron chi connectivity index (χ4n) is 3.03. The highest BCUT2D eigenvalue weighted by Crippen LogP contribution is 2.39. The molecule has 1 unspecified atom stereocenters. The van der Waals surface area contributed by atoms with Crippen molar-refractivity contribution in [2.24, 2.45) is 0 Å². The predicted octanol–water partition coefficient (Wildman–Crippen LogP) is 6.10. The van der Waals surface area contributed by atoms with Crippen LogP contribution in [-0.2, 0) is 9.53 Å². The van der Waals surface area contributed by atoms with E-state index in [2.05, 4.69) is 20.9 Å². The van der Waals surface area contributed by atoms with E-state index in [0.29, 0.717) is 0 Å². The molecule has 7 nitrogen and oxygen atoms in total. The molecule has 11 heteroatoms. The average Bonchev–Trinajstić information content (AvgIpc) is 2.82. The summed E-state index contributed by atoms with van der Waals surface area (Å²) in [6.07, 6.45) is 0. The van der Waals surface area contributed by atoms with Gasteiger partial charge in [-0.05, 0) is 46.3 Å². The largest absolute Gasteiger partial charge is 0.481 e. The number of aromatic nitrogens is 1. The number of rotatable bonds is 7. The number of ether oxygens (including phenoxy) is 3. The van der Waals surface area contributed by atoms with Crippen molar-refractivity contribution >= 4 is 50.9 Å². The molecule has 0 saturated carbocycles. The summed E-state index contributed by atoms with van der Waals surface area (Å²) in [4.78, 5) is 29.8. The maximum atomic E-state index is 15.7. The van der Waals surface area contributed by atoms with Crippen LogP contribution in [0.4, 0.5) is 4.39 Å². The number of ketones is 1. The van der Waals surface area contributed by atoms with Gasteiger partial charge in [-0.1, -0.05) is 29.3 Å². The number of pyridine rings is 1. The van der Waals surface area contributed by atoms with Gasteiger partial charge in [0.1, 0.15) is 16.8 Å². The minimum atomic E-state index is -1.71. The fourth-order valence-corrected chi connectivity index (χ4v) is 3.88. The van der Waals surface area contributed by atoms with Crippen LogP contribution in [-0.4, -0.2) is 31.0 Å². The molecule has 0 spiro atoms. The SMILES string of the molecule is COC(=O)C(C(=O)c1ccc(OC)nc1Cl)c1ccc(Br)c(Oc2cc(Cl)cc(C#N)c2)c1F. The van der Waals surface area contributed by atoms with Crippen LogP contribution in [0.1, 0.15) is 27.4 Å². The van der Waals surface area contributed by atoms with Crippen molar-refractivity contribution in [3.63, 3.8) is 0 Å². The lowest BCUT2D eigenvalue weighted by atomic mass is 9.90. The van der Waals surface area contributed by atoms with Crippen molar-refractivity contribution in [2.75, 3.05) is 14.2 Å². The van der Waals surface area contributed by atoms with Crippen molar-refractivity contribution in [2.45, 2.75) is 5.92 Å². The Bertz CT molecular complexity index is 1330. The summed E-state index contributed by atoms with van der Waals surface area (Å²) in [5.74, 6) is -4.67. The zero-order valence-electron chi connectivity index (χ0n) is 17.6. The van der Waals surface area contributed by atoms with E-state index >= 15 is 4.39 Å². The van der Waals surface area contributed by atoms with Gasteiger partial charge in [0.05, 0.1) is 35.9 Å². The fraction of sp³-hybridized carbons (Fsp3) is 0.130. The quantitative estimate of drug-likeness (QED) is 0.147. The maximum absolute atomic E-state index is 15.7. The number of halogens is 4. The van der Waals surface area contributed by atoms with Crippen LogP contribution in [0.15, 0.2) is 46.9 Å². The number of carbonyl (C=O) groups excluding carboxylic acids is 2. The number of nitrogens with zero attached hydrogens (tertiary/aromatic N) is 2. The lowest BCUT2D eigenvalue weighted by Crippen LogP contribution is -2.25. The van der Waals surface area contributed by atoms with Crippen LogP contribution >= 0.6 is 39.1 Å². The van der Waals surface area contributed by atoms with Crippen LogP contribution in [0.2, 0.25) is 10.2 Å². The minimum absolute atomic E-state index is 0.0733. The number of nitriles is 1. The number of hydrogen-bond donors (Lipinski definition) is 0. The van der Waals surface area contributed by atoms with Crippen molar-refractivity contribution in [3.8, 4) is 23.4 Å². The zero-order valence-corrected chi connectivity index (χ0v) is 20.7. The third-order valence-electron chi connectivity index (χ3n) is 4.61. The van der Waals surface area contributed by atoms with Gasteiger partial charge >= 0.3 is 5.97 Å². The highest BCUT2D eigenvalue weighted by atomic mass is 79.9. The van der Waals surface area contributed by atoms with E-state index in [1.807, 2.05) is 6.07 Å². The predicted molar refractivity (Wildman–Crippen MR) is 125 cm³/mol. The molecule has 34 heavy (non-hydrogen) atoms. The van der Waals surface area contributed by atoms with E-state index in [1.165, 1.54) is 49.6 Å². The van der Waals surface area contributed by atoms with Gasteiger partial charge in [-0.3, -0.25) is 9.59 Å². The molecule has 3 aromatic rings. The summed E-state index contributed by atoms with van der Waals surface area (Å²) in [7, 11) is 2.44. The highest BCUT2D eigenvalue weighted by molar-refractivity contribution is 9.10. The van der Waals surface area contributed by atoms with E-state index in [-0.39, 0.29) is 48.7 Å². The van der Waals surface area contributed by atoms with E-state index in [4.69, 9.17) is 42.7 Å². The summed E-state index contributed by atoms with van der Waals surface area (Å²) in [6.45, 7) is 0. The topological polar surface area (TPSA) is 98.5 Å². The maximum Gasteiger partial charge on any atom is 0.321 e. The van der Waals surface area contributed by atoms with Gasteiger partial charge in [0.25, 0.3) is 0 Å². The van der Waals surface area contributed by atoms with Crippen LogP contribution in [0.3, 0.4) is 0 Å². The summed E-state index contributed by atoms with van der Waals surface area (Å²) in [5.41, 5.74) is -0.250. The average molecular weight is 568 g/mol. The molecule has 0 fully saturated rings. The van der Waals surface area contributed by atoms with Crippen LogP contribution < -0.4 is 9.47 Å². The number of carbonyl (C=O) groups is 2. The van der Waals surface area contributed by atoms with Crippen LogP contribution in [0.5, 0.6) is 17.4 Å². The summed E-state index contributed by atoms with van der Waals surface area (Å²) < 4.78 is 31.2. The summed E-state index contributed by atoms with van der Waals surface area (Å²) in [6, 6.07) is 11.4.